The highest BCUT2D eigenvalue weighted by Crippen LogP contribution is 2.38. The molecule has 1 saturated heterocycles. The van der Waals surface area contributed by atoms with Gasteiger partial charge >= 0.3 is 6.01 Å². The third-order valence-corrected chi connectivity index (χ3v) is 6.21. The molecule has 8 nitrogen and oxygen atoms in total. The van der Waals surface area contributed by atoms with Gasteiger partial charge < -0.3 is 26.6 Å². The normalized spacial score (nSPS) is 18.0. The summed E-state index contributed by atoms with van der Waals surface area (Å²) in [7, 11) is 0. The van der Waals surface area contributed by atoms with Crippen molar-refractivity contribution in [3.05, 3.63) is 59.8 Å². The van der Waals surface area contributed by atoms with Crippen LogP contribution in [0.25, 0.3) is 5.57 Å². The minimum absolute atomic E-state index is 0.229. The number of piperidine rings is 1. The molecule has 0 aliphatic carbocycles. The number of benzene rings is 1. The van der Waals surface area contributed by atoms with Gasteiger partial charge in [-0.3, -0.25) is 0 Å². The average molecular weight is 424 g/mol. The van der Waals surface area contributed by atoms with Crippen LogP contribution in [-0.4, -0.2) is 35.5 Å². The van der Waals surface area contributed by atoms with E-state index in [1.165, 1.54) is 6.20 Å². The number of nitrogens with two attached hydrogens (primary N) is 3. The van der Waals surface area contributed by atoms with E-state index in [0.717, 1.165) is 42.6 Å². The second-order valence-electron chi connectivity index (χ2n) is 8.53. The van der Waals surface area contributed by atoms with E-state index in [4.69, 9.17) is 26.7 Å². The van der Waals surface area contributed by atoms with Crippen molar-refractivity contribution >= 4 is 17.8 Å². The largest absolute Gasteiger partial charge is 0.404 e. The molecule has 166 valence electrons. The Morgan fingerprint density at radius 3 is 2.48 bits per heavy atom. The Bertz CT molecular complexity index is 953. The first kappa shape index (κ1) is 22.6. The molecule has 31 heavy (non-hydrogen) atoms. The summed E-state index contributed by atoms with van der Waals surface area (Å²) in [5.74, 6) is 1.15. The van der Waals surface area contributed by atoms with Gasteiger partial charge in [0, 0.05) is 37.1 Å². The third kappa shape index (κ3) is 4.80. The van der Waals surface area contributed by atoms with E-state index in [1.54, 1.807) is 6.21 Å². The number of nitrogens with zero attached hydrogens (tertiary/aromatic N) is 4. The molecule has 1 aliphatic heterocycles. The van der Waals surface area contributed by atoms with Crippen LogP contribution in [0.4, 0.5) is 6.01 Å². The topological polar surface area (TPSA) is 133 Å². The van der Waals surface area contributed by atoms with Crippen molar-refractivity contribution < 1.29 is 4.52 Å². The molecule has 6 N–H and O–H groups in total. The van der Waals surface area contributed by atoms with Crippen molar-refractivity contribution in [1.82, 2.24) is 10.1 Å². The molecule has 1 aliphatic rings. The lowest BCUT2D eigenvalue weighted by Crippen LogP contribution is -2.40. The number of hydrogen-bond donors (Lipinski definition) is 3. The van der Waals surface area contributed by atoms with Gasteiger partial charge in [-0.15, -0.1) is 0 Å². The van der Waals surface area contributed by atoms with Gasteiger partial charge in [-0.1, -0.05) is 49.8 Å². The van der Waals surface area contributed by atoms with Gasteiger partial charge in [0.1, 0.15) is 5.82 Å². The minimum atomic E-state index is -0.418. The van der Waals surface area contributed by atoms with Crippen molar-refractivity contribution in [2.45, 2.75) is 45.1 Å². The van der Waals surface area contributed by atoms with Gasteiger partial charge in [0.05, 0.1) is 5.41 Å². The summed E-state index contributed by atoms with van der Waals surface area (Å²) in [4.78, 5) is 10.9. The Kier molecular flexibility index (Phi) is 6.80. The lowest BCUT2D eigenvalue weighted by atomic mass is 9.72. The summed E-state index contributed by atoms with van der Waals surface area (Å²) in [6.07, 6.45) is 4.96. The number of anilines is 1. The molecular formula is C23H33N7O. The molecule has 2 aromatic rings. The molecule has 0 saturated carbocycles. The molecule has 8 heteroatoms. The molecule has 1 unspecified atom stereocenters. The summed E-state index contributed by atoms with van der Waals surface area (Å²) in [6.45, 7) is 11.7. The molecule has 0 spiro atoms. The Labute approximate surface area is 183 Å². The van der Waals surface area contributed by atoms with E-state index < -0.39 is 5.41 Å². The van der Waals surface area contributed by atoms with E-state index in [-0.39, 0.29) is 17.8 Å². The van der Waals surface area contributed by atoms with Gasteiger partial charge in [-0.25, -0.2) is 4.99 Å². The molecule has 1 aromatic heterocycles. The van der Waals surface area contributed by atoms with E-state index in [0.29, 0.717) is 11.8 Å². The third-order valence-electron chi connectivity index (χ3n) is 6.21. The number of aromatic nitrogens is 2. The molecule has 1 fully saturated rings. The van der Waals surface area contributed by atoms with Crippen molar-refractivity contribution in [2.75, 3.05) is 18.0 Å². The fourth-order valence-electron chi connectivity index (χ4n) is 3.74. The van der Waals surface area contributed by atoms with E-state index in [2.05, 4.69) is 54.5 Å². The van der Waals surface area contributed by atoms with Crippen molar-refractivity contribution in [3.63, 3.8) is 0 Å². The highest BCUT2D eigenvalue weighted by molar-refractivity contribution is 6.09. The maximum Gasteiger partial charge on any atom is 0.324 e. The lowest BCUT2D eigenvalue weighted by Gasteiger charge is -2.31. The standard InChI is InChI=1S/C23H33N7O/c1-15(2)23(4,21-28-22(31-29-21)30-11-9-20(26)10-12-30)19-7-5-17(6-8-19)18(13-24)14-27-16(3)25/h5-8,13-15,20H,3,9-12,24-26H2,1-2,4H3/b18-13+,27-14?. The van der Waals surface area contributed by atoms with Gasteiger partial charge in [-0.2, -0.15) is 4.98 Å². The number of rotatable bonds is 7. The van der Waals surface area contributed by atoms with Crippen molar-refractivity contribution in [2.24, 2.45) is 28.1 Å². The molecule has 0 radical (unpaired) electrons. The highest BCUT2D eigenvalue weighted by Gasteiger charge is 2.38. The van der Waals surface area contributed by atoms with Gasteiger partial charge in [-0.05, 0) is 36.8 Å². The lowest BCUT2D eigenvalue weighted by molar-refractivity contribution is 0.345. The monoisotopic (exact) mass is 423 g/mol. The van der Waals surface area contributed by atoms with Crippen LogP contribution in [0, 0.1) is 5.92 Å². The van der Waals surface area contributed by atoms with Crippen LogP contribution in [-0.2, 0) is 5.41 Å². The van der Waals surface area contributed by atoms with Gasteiger partial charge in [0.15, 0.2) is 5.82 Å². The second-order valence-corrected chi connectivity index (χ2v) is 8.53. The maximum atomic E-state index is 6.02. The van der Waals surface area contributed by atoms with Crippen LogP contribution < -0.4 is 22.1 Å². The smallest absolute Gasteiger partial charge is 0.324 e. The zero-order valence-electron chi connectivity index (χ0n) is 18.6. The molecule has 2 heterocycles. The summed E-state index contributed by atoms with van der Waals surface area (Å²) in [5.41, 5.74) is 19.7. The predicted octanol–water partition coefficient (Wildman–Crippen LogP) is 2.76. The van der Waals surface area contributed by atoms with E-state index >= 15 is 0 Å². The fraction of sp³-hybridized carbons (Fsp3) is 0.435. The Morgan fingerprint density at radius 2 is 1.94 bits per heavy atom. The second kappa shape index (κ2) is 9.34. The zero-order chi connectivity index (χ0) is 22.6. The molecule has 0 bridgehead atoms. The van der Waals surface area contributed by atoms with Crippen LogP contribution in [0.15, 0.2) is 52.4 Å². The van der Waals surface area contributed by atoms with Crippen LogP contribution in [0.1, 0.15) is 50.6 Å². The molecule has 1 atom stereocenters. The Morgan fingerprint density at radius 1 is 1.29 bits per heavy atom. The maximum absolute atomic E-state index is 6.02. The number of allylic oxidation sites excluding steroid dienone is 1. The van der Waals surface area contributed by atoms with Crippen LogP contribution in [0.5, 0.6) is 0 Å². The molecule has 3 rings (SSSR count). The summed E-state index contributed by atoms with van der Waals surface area (Å²) in [6, 6.07) is 8.97. The first-order valence-electron chi connectivity index (χ1n) is 10.6. The molecular weight excluding hydrogens is 390 g/mol. The van der Waals surface area contributed by atoms with E-state index in [1.807, 2.05) is 12.1 Å². The highest BCUT2D eigenvalue weighted by atomic mass is 16.5. The van der Waals surface area contributed by atoms with Crippen molar-refractivity contribution in [3.8, 4) is 0 Å². The van der Waals surface area contributed by atoms with Crippen LogP contribution >= 0.6 is 0 Å². The number of hydrogen-bond acceptors (Lipinski definition) is 8. The van der Waals surface area contributed by atoms with E-state index in [9.17, 15) is 0 Å². The molecule has 1 aromatic carbocycles. The fourth-order valence-corrected chi connectivity index (χ4v) is 3.74. The summed E-state index contributed by atoms with van der Waals surface area (Å²) >= 11 is 0. The summed E-state index contributed by atoms with van der Waals surface area (Å²) < 4.78 is 5.65. The average Bonchev–Trinajstić information content (AvgIpc) is 3.25. The van der Waals surface area contributed by atoms with Crippen LogP contribution in [0.3, 0.4) is 0 Å². The summed E-state index contributed by atoms with van der Waals surface area (Å²) in [5, 5.41) is 4.37. The zero-order valence-corrected chi connectivity index (χ0v) is 18.6. The Hall–Kier alpha value is -3.13. The van der Waals surface area contributed by atoms with Crippen LogP contribution in [0.2, 0.25) is 0 Å². The van der Waals surface area contributed by atoms with Crippen molar-refractivity contribution in [1.29, 1.82) is 0 Å². The van der Waals surface area contributed by atoms with Gasteiger partial charge in [0.2, 0.25) is 0 Å². The number of aliphatic imine (C=N–C) groups is 1. The minimum Gasteiger partial charge on any atom is -0.404 e. The predicted molar refractivity (Wildman–Crippen MR) is 125 cm³/mol. The molecule has 0 amide bonds. The first-order chi connectivity index (χ1) is 14.8. The Balaban J connectivity index is 1.88. The quantitative estimate of drug-likeness (QED) is 0.583. The first-order valence-corrected chi connectivity index (χ1v) is 10.6. The SMILES string of the molecule is C=C(N)N=C/C(=C\N)c1ccc(C(C)(c2noc(N3CCC(N)CC3)n2)C(C)C)cc1. The van der Waals surface area contributed by atoms with Gasteiger partial charge in [0.25, 0.3) is 0 Å².